The first-order valence-corrected chi connectivity index (χ1v) is 22.6. The summed E-state index contributed by atoms with van der Waals surface area (Å²) in [5.41, 5.74) is 12.7. The van der Waals surface area contributed by atoms with Crippen molar-refractivity contribution in [1.29, 1.82) is 0 Å². The van der Waals surface area contributed by atoms with Crippen LogP contribution in [-0.2, 0) is 16.2 Å². The first-order chi connectivity index (χ1) is 33.6. The molecule has 316 valence electrons. The fourth-order valence-electron chi connectivity index (χ4n) is 10.4. The number of aromatic nitrogens is 2. The molecule has 0 saturated heterocycles. The van der Waals surface area contributed by atoms with Crippen LogP contribution in [0.15, 0.2) is 218 Å². The van der Waals surface area contributed by atoms with E-state index in [0.29, 0.717) is 5.56 Å². The number of nitrogens with zero attached hydrogens (tertiary/aromatic N) is 2. The number of para-hydroxylation sites is 2. The summed E-state index contributed by atoms with van der Waals surface area (Å²) < 4.78 is 48.6. The second kappa shape index (κ2) is 15.4. The molecule has 9 aromatic carbocycles. The fourth-order valence-corrected chi connectivity index (χ4v) is 10.4. The molecule has 2 heterocycles. The van der Waals surface area contributed by atoms with Crippen molar-refractivity contribution in [3.8, 4) is 22.5 Å². The largest absolute Gasteiger partial charge is 0.309 e. The molecule has 0 bridgehead atoms. The van der Waals surface area contributed by atoms with Crippen LogP contribution in [0.1, 0.15) is 81.8 Å². The van der Waals surface area contributed by atoms with Crippen LogP contribution in [0.5, 0.6) is 0 Å². The number of hydrogen-bond acceptors (Lipinski definition) is 0. The van der Waals surface area contributed by atoms with Crippen LogP contribution in [0, 0.1) is 0 Å². The van der Waals surface area contributed by atoms with E-state index in [9.17, 15) is 0 Å². The van der Waals surface area contributed by atoms with Crippen molar-refractivity contribution in [2.24, 2.45) is 0 Å². The summed E-state index contributed by atoms with van der Waals surface area (Å²) in [5.74, 6) is 0. The molecule has 0 aliphatic rings. The van der Waals surface area contributed by atoms with Gasteiger partial charge in [0.15, 0.2) is 0 Å². The van der Waals surface area contributed by atoms with Crippen molar-refractivity contribution < 1.29 is 6.85 Å². The maximum atomic E-state index is 9.07. The number of rotatable bonds is 9. The topological polar surface area (TPSA) is 9.86 Å². The van der Waals surface area contributed by atoms with E-state index in [1.54, 1.807) is 0 Å². The third-order valence-corrected chi connectivity index (χ3v) is 14.3. The van der Waals surface area contributed by atoms with Crippen molar-refractivity contribution in [3.63, 3.8) is 0 Å². The minimum Gasteiger partial charge on any atom is -0.309 e. The van der Waals surface area contributed by atoms with Crippen molar-refractivity contribution in [2.45, 2.75) is 57.8 Å². The van der Waals surface area contributed by atoms with Crippen molar-refractivity contribution >= 4 is 43.6 Å². The molecule has 0 aliphatic carbocycles. The lowest BCUT2D eigenvalue weighted by Gasteiger charge is -2.38. The van der Waals surface area contributed by atoms with E-state index in [4.69, 9.17) is 6.85 Å². The first kappa shape index (κ1) is 35.0. The molecule has 11 rings (SSSR count). The molecule has 0 spiro atoms. The zero-order valence-electron chi connectivity index (χ0n) is 42.8. The molecule has 0 fully saturated rings. The molecule has 2 nitrogen and oxygen atoms in total. The Bertz CT molecular complexity index is 3690. The Labute approximate surface area is 390 Å². The summed E-state index contributed by atoms with van der Waals surface area (Å²) in [6.45, 7) is 14.0. The maximum absolute atomic E-state index is 9.07. The SMILES string of the molecule is [2H]c1c([2H])c([2H])c(-c2ccc3c(c2)c2cc(-n4c5ccccc5c5ccccc54)ccc2n3-c2c(C(C)(C)c3ccccc3)cc(C(C)(C)c3ccccc3)cc2C(C)(C)c2ccccc2)c([2H])c1[2H]. The van der Waals surface area contributed by atoms with E-state index in [0.717, 1.165) is 44.2 Å². The Kier molecular flexibility index (Phi) is 8.28. The smallest absolute Gasteiger partial charge is 0.0629 e. The Morgan fingerprint density at radius 2 is 0.769 bits per heavy atom. The van der Waals surface area contributed by atoms with Crippen LogP contribution in [0.2, 0.25) is 0 Å². The van der Waals surface area contributed by atoms with Gasteiger partial charge < -0.3 is 9.13 Å². The lowest BCUT2D eigenvalue weighted by molar-refractivity contribution is 0.591. The van der Waals surface area contributed by atoms with E-state index in [-0.39, 0.29) is 35.1 Å². The van der Waals surface area contributed by atoms with Crippen LogP contribution in [0.4, 0.5) is 0 Å². The van der Waals surface area contributed by atoms with Crippen molar-refractivity contribution in [2.75, 3.05) is 0 Å². The third-order valence-electron chi connectivity index (χ3n) is 14.3. The molecule has 65 heavy (non-hydrogen) atoms. The quantitative estimate of drug-likeness (QED) is 0.137. The number of fused-ring (bicyclic) bond motifs is 6. The lowest BCUT2D eigenvalue weighted by atomic mass is 9.68. The number of hydrogen-bond donors (Lipinski definition) is 0. The highest BCUT2D eigenvalue weighted by atomic mass is 15.0. The van der Waals surface area contributed by atoms with E-state index in [1.165, 1.54) is 44.2 Å². The van der Waals surface area contributed by atoms with Gasteiger partial charge in [-0.25, -0.2) is 0 Å². The van der Waals surface area contributed by atoms with Gasteiger partial charge in [0.25, 0.3) is 0 Å². The normalized spacial score (nSPS) is 13.5. The summed E-state index contributed by atoms with van der Waals surface area (Å²) in [6.07, 6.45) is 0. The van der Waals surface area contributed by atoms with Crippen molar-refractivity contribution in [3.05, 3.63) is 252 Å². The maximum Gasteiger partial charge on any atom is 0.0629 e. The van der Waals surface area contributed by atoms with Gasteiger partial charge in [-0.3, -0.25) is 0 Å². The molecule has 0 unspecified atom stereocenters. The van der Waals surface area contributed by atoms with Crippen LogP contribution in [0.25, 0.3) is 66.1 Å². The average Bonchev–Trinajstić information content (AvgIpc) is 3.90. The van der Waals surface area contributed by atoms with Gasteiger partial charge in [-0.1, -0.05) is 217 Å². The Morgan fingerprint density at radius 1 is 0.338 bits per heavy atom. The Balaban J connectivity index is 1.31. The minimum absolute atomic E-state index is 0.177. The van der Waals surface area contributed by atoms with E-state index >= 15 is 0 Å². The Hall–Kier alpha value is -7.42. The van der Waals surface area contributed by atoms with Crippen LogP contribution in [-0.4, -0.2) is 9.13 Å². The molecule has 2 heteroatoms. The Morgan fingerprint density at radius 3 is 1.29 bits per heavy atom. The minimum atomic E-state index is -0.514. The molecule has 0 N–H and O–H groups in total. The highest BCUT2D eigenvalue weighted by Crippen LogP contribution is 2.49. The van der Waals surface area contributed by atoms with Gasteiger partial charge in [0, 0.05) is 43.5 Å². The first-order valence-electron chi connectivity index (χ1n) is 25.1. The molecule has 11 aromatic rings. The van der Waals surface area contributed by atoms with Crippen LogP contribution in [0.3, 0.4) is 0 Å². The van der Waals surface area contributed by atoms with Gasteiger partial charge in [-0.05, 0) is 87.0 Å². The van der Waals surface area contributed by atoms with Crippen LogP contribution < -0.4 is 0 Å². The summed E-state index contributed by atoms with van der Waals surface area (Å²) in [6, 6.07) is 65.6. The highest BCUT2D eigenvalue weighted by Gasteiger charge is 2.37. The molecular weight excluding hydrogens is 785 g/mol. The molecule has 2 aromatic heterocycles. The van der Waals surface area contributed by atoms with Gasteiger partial charge in [-0.2, -0.15) is 0 Å². The van der Waals surface area contributed by atoms with Gasteiger partial charge >= 0.3 is 0 Å². The monoisotopic (exact) mass is 843 g/mol. The molecule has 0 amide bonds. The van der Waals surface area contributed by atoms with Crippen LogP contribution >= 0.6 is 0 Å². The summed E-state index contributed by atoms with van der Waals surface area (Å²) >= 11 is 0. The standard InChI is InChI=1S/C63H54N2/c1-61(2,45-25-13-8-14-26-45)48-40-54(62(3,4)46-27-15-9-16-28-46)60(55(41-48)63(5,6)47-29-17-10-18-30-47)65-58-37-35-44(43-23-11-7-12-24-43)39-52(58)53-42-49(36-38-59(53)65)64-56-33-21-19-31-50(56)51-32-20-22-34-57(51)64/h7-42H,1-6H3/i7D,11D,12D,23D,24D. The molecule has 0 radical (unpaired) electrons. The fraction of sp³-hybridized carbons (Fsp3) is 0.143. The zero-order chi connectivity index (χ0) is 48.9. The van der Waals surface area contributed by atoms with Crippen molar-refractivity contribution in [1.82, 2.24) is 9.13 Å². The second-order valence-electron chi connectivity index (χ2n) is 19.0. The molecule has 0 aliphatic heterocycles. The molecule has 0 saturated carbocycles. The van der Waals surface area contributed by atoms with Gasteiger partial charge in [0.05, 0.1) is 34.6 Å². The average molecular weight is 844 g/mol. The van der Waals surface area contributed by atoms with E-state index < -0.39 is 16.9 Å². The highest BCUT2D eigenvalue weighted by molar-refractivity contribution is 6.13. The van der Waals surface area contributed by atoms with Gasteiger partial charge in [0.1, 0.15) is 0 Å². The summed E-state index contributed by atoms with van der Waals surface area (Å²) in [4.78, 5) is 0. The second-order valence-corrected chi connectivity index (χ2v) is 19.0. The zero-order valence-corrected chi connectivity index (χ0v) is 37.8. The molecule has 0 atom stereocenters. The molecular formula is C63H54N2. The van der Waals surface area contributed by atoms with Gasteiger partial charge in [0.2, 0.25) is 0 Å². The lowest BCUT2D eigenvalue weighted by Crippen LogP contribution is -2.30. The summed E-state index contributed by atoms with van der Waals surface area (Å²) in [7, 11) is 0. The third kappa shape index (κ3) is 6.54. The van der Waals surface area contributed by atoms with E-state index in [2.05, 4.69) is 227 Å². The predicted molar refractivity (Wildman–Crippen MR) is 276 cm³/mol. The number of benzene rings is 9. The summed E-state index contributed by atoms with van der Waals surface area (Å²) in [5, 5.41) is 4.22. The van der Waals surface area contributed by atoms with E-state index in [1.807, 2.05) is 12.1 Å². The van der Waals surface area contributed by atoms with Gasteiger partial charge in [-0.15, -0.1) is 0 Å². The predicted octanol–water partition coefficient (Wildman–Crippen LogP) is 16.5.